The van der Waals surface area contributed by atoms with Crippen LogP contribution in [-0.4, -0.2) is 25.0 Å². The number of ether oxygens (including phenoxy) is 2. The number of primary amides is 1. The van der Waals surface area contributed by atoms with E-state index < -0.39 is 17.6 Å². The normalized spacial score (nSPS) is 13.5. The van der Waals surface area contributed by atoms with Crippen LogP contribution < -0.4 is 20.9 Å². The van der Waals surface area contributed by atoms with E-state index in [1.54, 1.807) is 18.2 Å². The number of carbonyl (C=O) groups is 2. The summed E-state index contributed by atoms with van der Waals surface area (Å²) in [4.78, 5) is 23.7. The molecule has 1 atom stereocenters. The van der Waals surface area contributed by atoms with Gasteiger partial charge in [-0.15, -0.1) is 0 Å². The van der Waals surface area contributed by atoms with Crippen molar-refractivity contribution in [2.75, 3.05) is 13.3 Å². The fourth-order valence-electron chi connectivity index (χ4n) is 2.78. The van der Waals surface area contributed by atoms with Gasteiger partial charge in [-0.1, -0.05) is 12.1 Å². The zero-order valence-electron chi connectivity index (χ0n) is 13.3. The van der Waals surface area contributed by atoms with Crippen molar-refractivity contribution in [3.63, 3.8) is 0 Å². The first-order valence-electron chi connectivity index (χ1n) is 7.70. The average molecular weight is 344 g/mol. The molecule has 1 unspecified atom stereocenters. The van der Waals surface area contributed by atoms with E-state index in [1.807, 2.05) is 0 Å². The van der Waals surface area contributed by atoms with E-state index >= 15 is 0 Å². The number of Topliss-reactive ketones (excluding diaryl/α,β-unsaturated/α-hetero) is 1. The highest BCUT2D eigenvalue weighted by Gasteiger charge is 2.23. The second-order valence-electron chi connectivity index (χ2n) is 5.72. The molecule has 0 saturated heterocycles. The van der Waals surface area contributed by atoms with E-state index in [2.05, 4.69) is 0 Å². The molecule has 0 saturated carbocycles. The van der Waals surface area contributed by atoms with Crippen molar-refractivity contribution < 1.29 is 23.5 Å². The molecule has 4 N–H and O–H groups in total. The van der Waals surface area contributed by atoms with Gasteiger partial charge in [-0.25, -0.2) is 4.39 Å². The van der Waals surface area contributed by atoms with Crippen LogP contribution in [0, 0.1) is 5.82 Å². The molecule has 1 aliphatic rings. The fourth-order valence-corrected chi connectivity index (χ4v) is 2.78. The van der Waals surface area contributed by atoms with Gasteiger partial charge in [-0.2, -0.15) is 0 Å². The number of ketones is 1. The zero-order valence-corrected chi connectivity index (χ0v) is 13.3. The third-order valence-corrected chi connectivity index (χ3v) is 4.10. The van der Waals surface area contributed by atoms with Gasteiger partial charge in [0.25, 0.3) is 5.91 Å². The summed E-state index contributed by atoms with van der Waals surface area (Å²) >= 11 is 0. The molecule has 1 heterocycles. The monoisotopic (exact) mass is 344 g/mol. The molecule has 2 aromatic carbocycles. The molecule has 0 radical (unpaired) electrons. The highest BCUT2D eigenvalue weighted by molar-refractivity contribution is 5.93. The van der Waals surface area contributed by atoms with Crippen molar-refractivity contribution in [2.24, 2.45) is 11.5 Å². The lowest BCUT2D eigenvalue weighted by molar-refractivity contribution is -0.119. The van der Waals surface area contributed by atoms with Crippen LogP contribution in [0.2, 0.25) is 0 Å². The number of hydrogen-bond acceptors (Lipinski definition) is 5. The fraction of sp³-hybridized carbons (Fsp3) is 0.222. The third-order valence-electron chi connectivity index (χ3n) is 4.10. The molecule has 0 fully saturated rings. The maximum Gasteiger partial charge on any atom is 0.251 e. The zero-order chi connectivity index (χ0) is 18.0. The van der Waals surface area contributed by atoms with E-state index in [0.717, 1.165) is 6.07 Å². The second-order valence-corrected chi connectivity index (χ2v) is 5.72. The summed E-state index contributed by atoms with van der Waals surface area (Å²) in [6.45, 7) is 0.256. The number of halogens is 1. The van der Waals surface area contributed by atoms with Gasteiger partial charge in [-0.05, 0) is 35.4 Å². The maximum atomic E-state index is 13.8. The summed E-state index contributed by atoms with van der Waals surface area (Å²) in [7, 11) is 0. The molecule has 0 spiro atoms. The Bertz CT molecular complexity index is 838. The molecule has 25 heavy (non-hydrogen) atoms. The quantitative estimate of drug-likeness (QED) is 0.826. The summed E-state index contributed by atoms with van der Waals surface area (Å²) < 4.78 is 24.4. The molecule has 0 bridgehead atoms. The summed E-state index contributed by atoms with van der Waals surface area (Å²) in [6, 6.07) is 9.15. The largest absolute Gasteiger partial charge is 0.454 e. The van der Waals surface area contributed by atoms with E-state index in [4.69, 9.17) is 20.9 Å². The number of amides is 1. The molecule has 0 aliphatic carbocycles. The van der Waals surface area contributed by atoms with E-state index in [-0.39, 0.29) is 31.1 Å². The van der Waals surface area contributed by atoms with Crippen molar-refractivity contribution in [1.29, 1.82) is 0 Å². The smallest absolute Gasteiger partial charge is 0.251 e. The third kappa shape index (κ3) is 3.46. The van der Waals surface area contributed by atoms with Crippen LogP contribution in [0.25, 0.3) is 0 Å². The highest BCUT2D eigenvalue weighted by atomic mass is 19.1. The standard InChI is InChI=1S/C18H17FN2O4/c19-14-5-10(1-3-12(14)18(21)23)6-15(22)13(8-20)11-2-4-16-17(7-11)25-9-24-16/h1-5,7,13H,6,8-9,20H2,(H2,21,23). The number of rotatable bonds is 6. The Morgan fingerprint density at radius 1 is 1.12 bits per heavy atom. The number of nitrogens with two attached hydrogens (primary N) is 2. The van der Waals surface area contributed by atoms with Gasteiger partial charge in [0.2, 0.25) is 6.79 Å². The van der Waals surface area contributed by atoms with E-state index in [0.29, 0.717) is 22.6 Å². The van der Waals surface area contributed by atoms with Crippen LogP contribution in [0.1, 0.15) is 27.4 Å². The Labute approximate surface area is 143 Å². The van der Waals surface area contributed by atoms with Gasteiger partial charge in [-0.3, -0.25) is 9.59 Å². The minimum absolute atomic E-state index is 0.00767. The minimum Gasteiger partial charge on any atom is -0.454 e. The van der Waals surface area contributed by atoms with Crippen LogP contribution in [0.4, 0.5) is 4.39 Å². The maximum absolute atomic E-state index is 13.8. The number of benzene rings is 2. The Kier molecular flexibility index (Phi) is 4.67. The van der Waals surface area contributed by atoms with Gasteiger partial charge in [0.15, 0.2) is 11.5 Å². The van der Waals surface area contributed by atoms with Crippen molar-refractivity contribution in [1.82, 2.24) is 0 Å². The summed E-state index contributed by atoms with van der Waals surface area (Å²) in [6.07, 6.45) is -0.00767. The number of fused-ring (bicyclic) bond motifs is 1. The molecule has 6 nitrogen and oxygen atoms in total. The van der Waals surface area contributed by atoms with Crippen molar-refractivity contribution in [3.05, 3.63) is 58.9 Å². The molecule has 7 heteroatoms. The van der Waals surface area contributed by atoms with E-state index in [1.165, 1.54) is 12.1 Å². The first-order chi connectivity index (χ1) is 12.0. The lowest BCUT2D eigenvalue weighted by Crippen LogP contribution is -2.23. The summed E-state index contributed by atoms with van der Waals surface area (Å²) in [5.41, 5.74) is 11.8. The van der Waals surface area contributed by atoms with Gasteiger partial charge < -0.3 is 20.9 Å². The summed E-state index contributed by atoms with van der Waals surface area (Å²) in [5.74, 6) is -1.11. The highest BCUT2D eigenvalue weighted by Crippen LogP contribution is 2.34. The van der Waals surface area contributed by atoms with Crippen LogP contribution in [0.5, 0.6) is 11.5 Å². The van der Waals surface area contributed by atoms with Gasteiger partial charge in [0.05, 0.1) is 11.5 Å². The number of hydrogen-bond donors (Lipinski definition) is 2. The van der Waals surface area contributed by atoms with Crippen molar-refractivity contribution in [3.8, 4) is 11.5 Å². The molecule has 3 rings (SSSR count). The van der Waals surface area contributed by atoms with Crippen molar-refractivity contribution >= 4 is 11.7 Å². The SMILES string of the molecule is NCC(C(=O)Cc1ccc(C(N)=O)c(F)c1)c1ccc2c(c1)OCO2. The van der Waals surface area contributed by atoms with E-state index in [9.17, 15) is 14.0 Å². The van der Waals surface area contributed by atoms with Crippen LogP contribution in [0.15, 0.2) is 36.4 Å². The Morgan fingerprint density at radius 3 is 2.56 bits per heavy atom. The van der Waals surface area contributed by atoms with Crippen molar-refractivity contribution in [2.45, 2.75) is 12.3 Å². The predicted octanol–water partition coefficient (Wildman–Crippen LogP) is 1.51. The molecule has 2 aromatic rings. The lowest BCUT2D eigenvalue weighted by atomic mass is 9.90. The predicted molar refractivity (Wildman–Crippen MR) is 88.0 cm³/mol. The molecule has 1 aliphatic heterocycles. The first-order valence-corrected chi connectivity index (χ1v) is 7.70. The Hall–Kier alpha value is -2.93. The van der Waals surface area contributed by atoms with Crippen LogP contribution in [-0.2, 0) is 11.2 Å². The Balaban J connectivity index is 1.79. The van der Waals surface area contributed by atoms with Gasteiger partial charge in [0.1, 0.15) is 11.6 Å². The Morgan fingerprint density at radius 2 is 1.88 bits per heavy atom. The lowest BCUT2D eigenvalue weighted by Gasteiger charge is -2.15. The van der Waals surface area contributed by atoms with Crippen LogP contribution >= 0.6 is 0 Å². The molecule has 130 valence electrons. The van der Waals surface area contributed by atoms with Gasteiger partial charge in [0, 0.05) is 13.0 Å². The number of carbonyl (C=O) groups excluding carboxylic acids is 2. The minimum atomic E-state index is -0.851. The second kappa shape index (κ2) is 6.90. The van der Waals surface area contributed by atoms with Gasteiger partial charge >= 0.3 is 0 Å². The average Bonchev–Trinajstić information content (AvgIpc) is 3.03. The topological polar surface area (TPSA) is 105 Å². The summed E-state index contributed by atoms with van der Waals surface area (Å²) in [5, 5.41) is 0. The molecule has 0 aromatic heterocycles. The molecular formula is C18H17FN2O4. The first kappa shape index (κ1) is 16.9. The molecular weight excluding hydrogens is 327 g/mol. The van der Waals surface area contributed by atoms with Crippen LogP contribution in [0.3, 0.4) is 0 Å². The molecule has 1 amide bonds.